The van der Waals surface area contributed by atoms with Crippen LogP contribution in [-0.4, -0.2) is 0 Å². The smallest absolute Gasteiger partial charge is 0.0339 e. The van der Waals surface area contributed by atoms with Crippen LogP contribution in [0.5, 0.6) is 0 Å². The van der Waals surface area contributed by atoms with Crippen molar-refractivity contribution in [1.82, 2.24) is 0 Å². The van der Waals surface area contributed by atoms with E-state index in [1.54, 1.807) is 0 Å². The molecule has 4 aromatic carbocycles. The fourth-order valence-corrected chi connectivity index (χ4v) is 6.25. The summed E-state index contributed by atoms with van der Waals surface area (Å²) in [5.74, 6) is 0. The van der Waals surface area contributed by atoms with Crippen molar-refractivity contribution in [2.24, 2.45) is 0 Å². The molecular formula is C30H18Br2. The van der Waals surface area contributed by atoms with Crippen molar-refractivity contribution in [2.45, 2.75) is 0 Å². The van der Waals surface area contributed by atoms with Gasteiger partial charge in [0.1, 0.15) is 0 Å². The summed E-state index contributed by atoms with van der Waals surface area (Å²) in [5, 5.41) is 3.78. The van der Waals surface area contributed by atoms with Gasteiger partial charge < -0.3 is 0 Å². The van der Waals surface area contributed by atoms with Gasteiger partial charge in [0.15, 0.2) is 0 Å². The molecule has 0 saturated heterocycles. The Morgan fingerprint density at radius 3 is 1.62 bits per heavy atom. The normalized spacial score (nSPS) is 12.6. The second-order valence-electron chi connectivity index (χ2n) is 7.95. The molecule has 0 saturated carbocycles. The molecule has 0 nitrogen and oxygen atoms in total. The molecule has 0 heterocycles. The molecule has 0 atom stereocenters. The SMILES string of the molecule is Br/C(c1ccccc1)=c1\c(-c2ccccc2)c2c(-c3ccccc3)c(Br)c3cccc1c3-2. The van der Waals surface area contributed by atoms with Gasteiger partial charge in [-0.3, -0.25) is 0 Å². The lowest BCUT2D eigenvalue weighted by Crippen LogP contribution is -2.05. The van der Waals surface area contributed by atoms with Gasteiger partial charge in [0, 0.05) is 25.3 Å². The summed E-state index contributed by atoms with van der Waals surface area (Å²) in [6, 6.07) is 38.7. The molecule has 152 valence electrons. The van der Waals surface area contributed by atoms with Crippen LogP contribution >= 0.6 is 31.9 Å². The lowest BCUT2D eigenvalue weighted by molar-refractivity contribution is 1.60. The van der Waals surface area contributed by atoms with E-state index in [1.807, 2.05) is 0 Å². The third-order valence-electron chi connectivity index (χ3n) is 6.16. The molecule has 2 aliphatic rings. The molecule has 0 unspecified atom stereocenters. The Bertz CT molecular complexity index is 1550. The minimum Gasteiger partial charge on any atom is -0.0622 e. The number of benzene rings is 4. The summed E-state index contributed by atoms with van der Waals surface area (Å²) in [4.78, 5) is 0. The lowest BCUT2D eigenvalue weighted by atomic mass is 9.96. The molecule has 0 aliphatic heterocycles. The average Bonchev–Trinajstić information content (AvgIpc) is 3.35. The van der Waals surface area contributed by atoms with Gasteiger partial charge in [-0.25, -0.2) is 0 Å². The van der Waals surface area contributed by atoms with E-state index in [0.29, 0.717) is 0 Å². The van der Waals surface area contributed by atoms with E-state index in [0.717, 1.165) is 4.48 Å². The first kappa shape index (κ1) is 19.7. The summed E-state index contributed by atoms with van der Waals surface area (Å²) < 4.78 is 2.29. The maximum atomic E-state index is 4.01. The molecule has 0 radical (unpaired) electrons. The van der Waals surface area contributed by atoms with Crippen LogP contribution in [-0.2, 0) is 0 Å². The van der Waals surface area contributed by atoms with Crippen LogP contribution in [0.25, 0.3) is 48.6 Å². The van der Waals surface area contributed by atoms with E-state index < -0.39 is 0 Å². The van der Waals surface area contributed by atoms with Crippen molar-refractivity contribution >= 4 is 47.1 Å². The zero-order valence-electron chi connectivity index (χ0n) is 17.1. The van der Waals surface area contributed by atoms with Gasteiger partial charge in [0.2, 0.25) is 0 Å². The fraction of sp³-hybridized carbons (Fsp3) is 0. The Hall–Kier alpha value is -2.94. The molecule has 32 heavy (non-hydrogen) atoms. The van der Waals surface area contributed by atoms with E-state index in [1.165, 1.54) is 59.4 Å². The highest BCUT2D eigenvalue weighted by atomic mass is 79.9. The van der Waals surface area contributed by atoms with Crippen LogP contribution < -0.4 is 5.22 Å². The van der Waals surface area contributed by atoms with Gasteiger partial charge in [0.25, 0.3) is 0 Å². The largest absolute Gasteiger partial charge is 0.0622 e. The number of hydrogen-bond donors (Lipinski definition) is 0. The quantitative estimate of drug-likeness (QED) is 0.211. The molecule has 6 rings (SSSR count). The van der Waals surface area contributed by atoms with E-state index in [-0.39, 0.29) is 0 Å². The van der Waals surface area contributed by atoms with Crippen LogP contribution in [0.2, 0.25) is 0 Å². The van der Waals surface area contributed by atoms with Gasteiger partial charge in [0.05, 0.1) is 0 Å². The third kappa shape index (κ3) is 2.94. The maximum Gasteiger partial charge on any atom is 0.0339 e. The van der Waals surface area contributed by atoms with Crippen LogP contribution in [0, 0.1) is 0 Å². The van der Waals surface area contributed by atoms with E-state index in [2.05, 4.69) is 141 Å². The molecule has 0 bridgehead atoms. The summed E-state index contributed by atoms with van der Waals surface area (Å²) in [7, 11) is 0. The van der Waals surface area contributed by atoms with E-state index in [4.69, 9.17) is 0 Å². The zero-order chi connectivity index (χ0) is 21.7. The van der Waals surface area contributed by atoms with Crippen molar-refractivity contribution < 1.29 is 0 Å². The second kappa shape index (κ2) is 7.88. The number of rotatable bonds is 3. The van der Waals surface area contributed by atoms with Gasteiger partial charge >= 0.3 is 0 Å². The van der Waals surface area contributed by atoms with Crippen molar-refractivity contribution in [3.63, 3.8) is 0 Å². The van der Waals surface area contributed by atoms with Crippen LogP contribution in [0.1, 0.15) is 5.56 Å². The lowest BCUT2D eigenvalue weighted by Gasteiger charge is -2.09. The summed E-state index contributed by atoms with van der Waals surface area (Å²) in [5.41, 5.74) is 8.79. The fourth-order valence-electron chi connectivity index (χ4n) is 4.82. The standard InChI is InChI=1S/C30H18Br2/c31-29(21-15-8-3-9-16-21)27-22-17-10-18-23-26(22)28(24(27)19-11-4-1-5-12-19)25(30(23)32)20-13-6-2-7-14-20/h1-18H/b29-27-. The first-order valence-corrected chi connectivity index (χ1v) is 12.2. The molecular weight excluding hydrogens is 520 g/mol. The first-order valence-electron chi connectivity index (χ1n) is 10.6. The second-order valence-corrected chi connectivity index (χ2v) is 9.54. The van der Waals surface area contributed by atoms with E-state index in [9.17, 15) is 0 Å². The summed E-state index contributed by atoms with van der Waals surface area (Å²) >= 11 is 7.97. The Morgan fingerprint density at radius 2 is 1.00 bits per heavy atom. The number of hydrogen-bond acceptors (Lipinski definition) is 0. The van der Waals surface area contributed by atoms with Gasteiger partial charge in [-0.1, -0.05) is 109 Å². The van der Waals surface area contributed by atoms with Gasteiger partial charge in [-0.2, -0.15) is 0 Å². The van der Waals surface area contributed by atoms with Crippen LogP contribution in [0.4, 0.5) is 0 Å². The zero-order valence-corrected chi connectivity index (χ0v) is 20.3. The Morgan fingerprint density at radius 1 is 0.469 bits per heavy atom. The van der Waals surface area contributed by atoms with Crippen LogP contribution in [0.3, 0.4) is 0 Å². The molecule has 2 aliphatic carbocycles. The minimum absolute atomic E-state index is 1.12. The molecule has 0 fully saturated rings. The highest BCUT2D eigenvalue weighted by Gasteiger charge is 2.29. The minimum atomic E-state index is 1.12. The van der Waals surface area contributed by atoms with Gasteiger partial charge in [-0.05, 0) is 70.4 Å². The highest BCUT2D eigenvalue weighted by molar-refractivity contribution is 9.15. The monoisotopic (exact) mass is 536 g/mol. The Kier molecular flexibility index (Phi) is 4.86. The van der Waals surface area contributed by atoms with Crippen molar-refractivity contribution in [2.75, 3.05) is 0 Å². The number of halogens is 2. The topological polar surface area (TPSA) is 0 Å². The third-order valence-corrected chi connectivity index (χ3v) is 7.84. The predicted octanol–water partition coefficient (Wildman–Crippen LogP) is 8.75. The van der Waals surface area contributed by atoms with Gasteiger partial charge in [-0.15, -0.1) is 0 Å². The van der Waals surface area contributed by atoms with Crippen LogP contribution in [0.15, 0.2) is 114 Å². The molecule has 0 N–H and O–H groups in total. The highest BCUT2D eigenvalue weighted by Crippen LogP contribution is 2.53. The predicted molar refractivity (Wildman–Crippen MR) is 143 cm³/mol. The summed E-state index contributed by atoms with van der Waals surface area (Å²) in [6.07, 6.45) is 0. The summed E-state index contributed by atoms with van der Waals surface area (Å²) in [6.45, 7) is 0. The van der Waals surface area contributed by atoms with E-state index >= 15 is 0 Å². The maximum absolute atomic E-state index is 4.01. The molecule has 0 amide bonds. The first-order chi connectivity index (χ1) is 15.8. The average molecular weight is 538 g/mol. The molecule has 4 aromatic rings. The molecule has 2 heteroatoms. The molecule has 0 aromatic heterocycles. The van der Waals surface area contributed by atoms with Crippen molar-refractivity contribution in [1.29, 1.82) is 0 Å². The Labute approximate surface area is 204 Å². The molecule has 0 spiro atoms. The Balaban J connectivity index is 1.87. The van der Waals surface area contributed by atoms with Crippen molar-refractivity contribution in [3.05, 3.63) is 124 Å². The van der Waals surface area contributed by atoms with Crippen molar-refractivity contribution in [3.8, 4) is 33.4 Å².